The highest BCUT2D eigenvalue weighted by Gasteiger charge is 2.21. The van der Waals surface area contributed by atoms with Gasteiger partial charge >= 0.3 is 0 Å². The van der Waals surface area contributed by atoms with Crippen LogP contribution in [-0.2, 0) is 25.3 Å². The van der Waals surface area contributed by atoms with Crippen LogP contribution in [0.4, 0.5) is 0 Å². The Morgan fingerprint density at radius 1 is 1.19 bits per heavy atom. The SMILES string of the molecule is Cc1nn(C)c(C)c1CCC(=O)N[C@@H](c1ccccc1)c1nccn1C. The first-order valence-electron chi connectivity index (χ1n) is 8.78. The monoisotopic (exact) mass is 351 g/mol. The van der Waals surface area contributed by atoms with Crippen molar-refractivity contribution in [1.29, 1.82) is 0 Å². The highest BCUT2D eigenvalue weighted by Crippen LogP contribution is 2.21. The lowest BCUT2D eigenvalue weighted by Crippen LogP contribution is -2.31. The van der Waals surface area contributed by atoms with Gasteiger partial charge in [0.15, 0.2) is 0 Å². The molecule has 0 bridgehead atoms. The number of carbonyl (C=O) groups excluding carboxylic acids is 1. The molecule has 0 radical (unpaired) electrons. The molecule has 26 heavy (non-hydrogen) atoms. The number of aryl methyl sites for hydroxylation is 3. The van der Waals surface area contributed by atoms with Crippen molar-refractivity contribution in [3.8, 4) is 0 Å². The topological polar surface area (TPSA) is 64.7 Å². The minimum absolute atomic E-state index is 0.00417. The molecule has 2 aromatic heterocycles. The maximum atomic E-state index is 12.7. The maximum absolute atomic E-state index is 12.7. The van der Waals surface area contributed by atoms with Crippen molar-refractivity contribution < 1.29 is 4.79 Å². The van der Waals surface area contributed by atoms with Crippen LogP contribution in [0.3, 0.4) is 0 Å². The average molecular weight is 351 g/mol. The summed E-state index contributed by atoms with van der Waals surface area (Å²) in [4.78, 5) is 17.1. The molecule has 0 spiro atoms. The van der Waals surface area contributed by atoms with Gasteiger partial charge in [0.05, 0.1) is 5.69 Å². The quantitative estimate of drug-likeness (QED) is 0.742. The highest BCUT2D eigenvalue weighted by atomic mass is 16.1. The fraction of sp³-hybridized carbons (Fsp3) is 0.350. The third-order valence-corrected chi connectivity index (χ3v) is 4.82. The number of carbonyl (C=O) groups is 1. The molecular formula is C20H25N5O. The first-order valence-corrected chi connectivity index (χ1v) is 8.78. The van der Waals surface area contributed by atoms with E-state index >= 15 is 0 Å². The molecule has 3 rings (SSSR count). The van der Waals surface area contributed by atoms with Gasteiger partial charge in [-0.3, -0.25) is 9.48 Å². The Kier molecular flexibility index (Phi) is 5.21. The van der Waals surface area contributed by atoms with Crippen molar-refractivity contribution in [2.75, 3.05) is 0 Å². The third kappa shape index (κ3) is 3.69. The average Bonchev–Trinajstić information content (AvgIpc) is 3.15. The summed E-state index contributed by atoms with van der Waals surface area (Å²) in [6.07, 6.45) is 4.74. The lowest BCUT2D eigenvalue weighted by molar-refractivity contribution is -0.121. The largest absolute Gasteiger partial charge is 0.342 e. The molecule has 6 nitrogen and oxygen atoms in total. The zero-order chi connectivity index (χ0) is 18.7. The number of amides is 1. The van der Waals surface area contributed by atoms with Gasteiger partial charge < -0.3 is 9.88 Å². The van der Waals surface area contributed by atoms with Crippen LogP contribution >= 0.6 is 0 Å². The summed E-state index contributed by atoms with van der Waals surface area (Å²) in [5.41, 5.74) is 4.26. The van der Waals surface area contributed by atoms with Crippen LogP contribution in [0.25, 0.3) is 0 Å². The third-order valence-electron chi connectivity index (χ3n) is 4.82. The van der Waals surface area contributed by atoms with Crippen LogP contribution in [0.1, 0.15) is 40.8 Å². The lowest BCUT2D eigenvalue weighted by atomic mass is 10.0. The number of nitrogens with zero attached hydrogens (tertiary/aromatic N) is 4. The van der Waals surface area contributed by atoms with Crippen molar-refractivity contribution in [1.82, 2.24) is 24.6 Å². The summed E-state index contributed by atoms with van der Waals surface area (Å²) in [6.45, 7) is 4.02. The molecule has 0 saturated heterocycles. The van der Waals surface area contributed by atoms with E-state index in [0.717, 1.165) is 28.3 Å². The Bertz CT molecular complexity index is 894. The molecule has 1 N–H and O–H groups in total. The molecule has 0 saturated carbocycles. The van der Waals surface area contributed by atoms with Crippen LogP contribution in [0.15, 0.2) is 42.7 Å². The van der Waals surface area contributed by atoms with Gasteiger partial charge in [-0.2, -0.15) is 5.10 Å². The number of benzene rings is 1. The normalized spacial score (nSPS) is 12.2. The van der Waals surface area contributed by atoms with Gasteiger partial charge in [0.2, 0.25) is 5.91 Å². The summed E-state index contributed by atoms with van der Waals surface area (Å²) in [6, 6.07) is 9.66. The van der Waals surface area contributed by atoms with Crippen LogP contribution in [0.2, 0.25) is 0 Å². The lowest BCUT2D eigenvalue weighted by Gasteiger charge is -2.19. The van der Waals surface area contributed by atoms with Crippen molar-refractivity contribution in [2.45, 2.75) is 32.7 Å². The smallest absolute Gasteiger partial charge is 0.221 e. The van der Waals surface area contributed by atoms with Crippen molar-refractivity contribution in [3.63, 3.8) is 0 Å². The maximum Gasteiger partial charge on any atom is 0.221 e. The van der Waals surface area contributed by atoms with Crippen molar-refractivity contribution in [2.24, 2.45) is 14.1 Å². The van der Waals surface area contributed by atoms with Gasteiger partial charge in [-0.15, -0.1) is 0 Å². The van der Waals surface area contributed by atoms with Gasteiger partial charge in [0.1, 0.15) is 11.9 Å². The second-order valence-electron chi connectivity index (χ2n) is 6.58. The first kappa shape index (κ1) is 17.9. The van der Waals surface area contributed by atoms with Crippen molar-refractivity contribution in [3.05, 3.63) is 71.1 Å². The first-order chi connectivity index (χ1) is 12.5. The predicted octanol–water partition coefficient (Wildman–Crippen LogP) is 2.61. The van der Waals surface area contributed by atoms with E-state index in [4.69, 9.17) is 0 Å². The molecule has 3 aromatic rings. The van der Waals surface area contributed by atoms with E-state index < -0.39 is 0 Å². The van der Waals surface area contributed by atoms with Gasteiger partial charge in [0.25, 0.3) is 0 Å². The van der Waals surface area contributed by atoms with Crippen molar-refractivity contribution >= 4 is 5.91 Å². The Morgan fingerprint density at radius 3 is 2.50 bits per heavy atom. The van der Waals surface area contributed by atoms with E-state index in [1.807, 2.05) is 73.7 Å². The molecule has 0 aliphatic rings. The summed E-state index contributed by atoms with van der Waals surface area (Å²) >= 11 is 0. The number of rotatable bonds is 6. The van der Waals surface area contributed by atoms with Crippen LogP contribution in [0.5, 0.6) is 0 Å². The van der Waals surface area contributed by atoms with Crippen LogP contribution in [0, 0.1) is 13.8 Å². The van der Waals surface area contributed by atoms with Gasteiger partial charge in [-0.25, -0.2) is 4.98 Å². The van der Waals surface area contributed by atoms with E-state index in [9.17, 15) is 4.79 Å². The predicted molar refractivity (Wildman–Crippen MR) is 101 cm³/mol. The van der Waals surface area contributed by atoms with Crippen LogP contribution in [-0.4, -0.2) is 25.2 Å². The van der Waals surface area contributed by atoms with E-state index in [1.54, 1.807) is 6.20 Å². The Labute approximate surface area is 153 Å². The number of nitrogens with one attached hydrogen (secondary N) is 1. The summed E-state index contributed by atoms with van der Waals surface area (Å²) in [5, 5.41) is 7.56. The molecule has 136 valence electrons. The second kappa shape index (κ2) is 7.56. The molecule has 1 aromatic carbocycles. The number of imidazole rings is 1. The highest BCUT2D eigenvalue weighted by molar-refractivity contribution is 5.77. The minimum Gasteiger partial charge on any atom is -0.342 e. The molecule has 6 heteroatoms. The zero-order valence-corrected chi connectivity index (χ0v) is 15.7. The standard InChI is InChI=1S/C20H25N5O/c1-14-17(15(2)25(4)23-14)10-11-18(26)22-19(16-8-6-5-7-9-16)20-21-12-13-24(20)3/h5-9,12-13,19H,10-11H2,1-4H3,(H,22,26)/t19-/m0/s1. The summed E-state index contributed by atoms with van der Waals surface area (Å²) < 4.78 is 3.80. The van der Waals surface area contributed by atoms with Crippen LogP contribution < -0.4 is 5.32 Å². The van der Waals surface area contributed by atoms with Gasteiger partial charge in [-0.1, -0.05) is 30.3 Å². The molecule has 2 heterocycles. The molecule has 0 aliphatic carbocycles. The van der Waals surface area contributed by atoms with Gasteiger partial charge in [-0.05, 0) is 31.4 Å². The molecule has 0 aliphatic heterocycles. The fourth-order valence-electron chi connectivity index (χ4n) is 3.25. The molecular weight excluding hydrogens is 326 g/mol. The molecule has 0 fully saturated rings. The Morgan fingerprint density at radius 2 is 1.92 bits per heavy atom. The second-order valence-corrected chi connectivity index (χ2v) is 6.58. The number of hydrogen-bond donors (Lipinski definition) is 1. The summed E-state index contributed by atoms with van der Waals surface area (Å²) in [7, 11) is 3.87. The Hall–Kier alpha value is -2.89. The van der Waals surface area contributed by atoms with E-state index in [-0.39, 0.29) is 11.9 Å². The molecule has 1 atom stereocenters. The number of aromatic nitrogens is 4. The van der Waals surface area contributed by atoms with E-state index in [1.165, 1.54) is 0 Å². The molecule has 1 amide bonds. The number of hydrogen-bond acceptors (Lipinski definition) is 3. The molecule has 0 unspecified atom stereocenters. The van der Waals surface area contributed by atoms with E-state index in [2.05, 4.69) is 15.4 Å². The van der Waals surface area contributed by atoms with E-state index in [0.29, 0.717) is 12.8 Å². The summed E-state index contributed by atoms with van der Waals surface area (Å²) in [5.74, 6) is 0.822. The van der Waals surface area contributed by atoms with Gasteiger partial charge in [0, 0.05) is 38.6 Å². The Balaban J connectivity index is 1.75. The fourth-order valence-corrected chi connectivity index (χ4v) is 3.25. The minimum atomic E-state index is -0.264. The zero-order valence-electron chi connectivity index (χ0n) is 15.7.